The molecule has 2 saturated heterocycles. The molecule has 12 heteroatoms. The molecule has 0 aliphatic carbocycles. The summed E-state index contributed by atoms with van der Waals surface area (Å²) in [4.78, 5) is 4.21. The number of benzene rings is 2. The Morgan fingerprint density at radius 1 is 0.848 bits per heavy atom. The zero-order chi connectivity index (χ0) is 33.4. The van der Waals surface area contributed by atoms with Gasteiger partial charge in [-0.05, 0) is 81.6 Å². The van der Waals surface area contributed by atoms with Crippen LogP contribution in [0.1, 0.15) is 43.7 Å². The van der Waals surface area contributed by atoms with Crippen molar-refractivity contribution in [2.75, 3.05) is 39.8 Å². The third kappa shape index (κ3) is 8.32. The number of likely N-dealkylation sites (tertiary alicyclic amines) is 2. The van der Waals surface area contributed by atoms with E-state index in [1.807, 2.05) is 30.1 Å². The fourth-order valence-electron chi connectivity index (χ4n) is 6.38. The summed E-state index contributed by atoms with van der Waals surface area (Å²) < 4.78 is 6.30. The molecular weight excluding hydrogens is 582 g/mol. The van der Waals surface area contributed by atoms with Crippen molar-refractivity contribution < 1.29 is 14.9 Å². The van der Waals surface area contributed by atoms with Gasteiger partial charge in [0.1, 0.15) is 23.1 Å². The van der Waals surface area contributed by atoms with Gasteiger partial charge in [-0.15, -0.1) is 0 Å². The Kier molecular flexibility index (Phi) is 11.2. The minimum Gasteiger partial charge on any atom is -0.507 e. The Bertz CT molecular complexity index is 1470. The van der Waals surface area contributed by atoms with Crippen molar-refractivity contribution in [3.8, 4) is 11.5 Å². The van der Waals surface area contributed by atoms with E-state index in [0.717, 1.165) is 32.5 Å². The van der Waals surface area contributed by atoms with Crippen molar-refractivity contribution in [1.29, 1.82) is 0 Å². The number of ether oxygens (including phenoxy) is 1. The van der Waals surface area contributed by atoms with E-state index in [-0.39, 0.29) is 23.3 Å². The lowest BCUT2D eigenvalue weighted by Gasteiger charge is -2.41. The van der Waals surface area contributed by atoms with Crippen molar-refractivity contribution in [2.45, 2.75) is 38.4 Å². The van der Waals surface area contributed by atoms with Crippen LogP contribution in [0.5, 0.6) is 11.5 Å². The molecule has 0 amide bonds. The van der Waals surface area contributed by atoms with E-state index in [0.29, 0.717) is 71.5 Å². The molecule has 2 atom stereocenters. The van der Waals surface area contributed by atoms with Crippen LogP contribution < -0.4 is 44.5 Å². The number of piperidine rings is 2. The first-order valence-corrected chi connectivity index (χ1v) is 15.8. The quantitative estimate of drug-likeness (QED) is 0.127. The number of aromatic hydroxyl groups is 1. The minimum atomic E-state index is -1.50. The van der Waals surface area contributed by atoms with Crippen LogP contribution in [0.15, 0.2) is 83.7 Å². The van der Waals surface area contributed by atoms with Gasteiger partial charge in [0.15, 0.2) is 0 Å². The largest absolute Gasteiger partial charge is 0.507 e. The first kappa shape index (κ1) is 34.2. The molecule has 2 aliphatic heterocycles. The monoisotopic (exact) mass is 633 g/mol. The Hall–Kier alpha value is -4.68. The van der Waals surface area contributed by atoms with Gasteiger partial charge in [-0.3, -0.25) is 0 Å². The van der Waals surface area contributed by atoms with Gasteiger partial charge in [-0.1, -0.05) is 24.3 Å². The van der Waals surface area contributed by atoms with Crippen molar-refractivity contribution in [1.82, 2.24) is 15.1 Å². The predicted molar refractivity (Wildman–Crippen MR) is 183 cm³/mol. The Morgan fingerprint density at radius 3 is 2.02 bits per heavy atom. The average molecular weight is 634 g/mol. The summed E-state index contributed by atoms with van der Waals surface area (Å²) in [6.07, 6.45) is 6.84. The van der Waals surface area contributed by atoms with Gasteiger partial charge < -0.3 is 64.5 Å². The number of aliphatic hydroxyl groups is 1. The number of hydrogen-bond acceptors (Lipinski definition) is 12. The number of phenols is 1. The van der Waals surface area contributed by atoms with E-state index in [4.69, 9.17) is 39.1 Å². The fourth-order valence-corrected chi connectivity index (χ4v) is 6.38. The normalized spacial score (nSPS) is 19.3. The third-order valence-corrected chi connectivity index (χ3v) is 8.85. The van der Waals surface area contributed by atoms with Crippen LogP contribution in [0.4, 0.5) is 0 Å². The zero-order valence-corrected chi connectivity index (χ0v) is 27.0. The van der Waals surface area contributed by atoms with Crippen LogP contribution in [0.2, 0.25) is 0 Å². The third-order valence-electron chi connectivity index (χ3n) is 8.85. The van der Waals surface area contributed by atoms with Crippen molar-refractivity contribution in [2.24, 2.45) is 46.2 Å². The molecule has 2 aromatic carbocycles. The topological polar surface area (TPSA) is 224 Å². The first-order chi connectivity index (χ1) is 21.9. The lowest BCUT2D eigenvalue weighted by Crippen LogP contribution is -2.47. The van der Waals surface area contributed by atoms with E-state index in [1.165, 1.54) is 0 Å². The molecule has 2 fully saturated rings. The Labute approximate surface area is 272 Å². The highest BCUT2D eigenvalue weighted by atomic mass is 16.6. The molecule has 0 aromatic heterocycles. The highest BCUT2D eigenvalue weighted by Gasteiger charge is 2.38. The van der Waals surface area contributed by atoms with E-state index in [2.05, 4.69) is 10.2 Å². The van der Waals surface area contributed by atoms with Crippen LogP contribution in [0, 0.1) is 11.8 Å². The van der Waals surface area contributed by atoms with Gasteiger partial charge in [-0.25, -0.2) is 0 Å². The molecule has 4 rings (SSSR count). The van der Waals surface area contributed by atoms with Gasteiger partial charge >= 0.3 is 0 Å². The molecule has 2 aromatic rings. The van der Waals surface area contributed by atoms with Crippen LogP contribution in [0.3, 0.4) is 0 Å². The molecular formula is C34H51N9O3. The highest BCUT2D eigenvalue weighted by molar-refractivity contribution is 5.71. The molecule has 46 heavy (non-hydrogen) atoms. The van der Waals surface area contributed by atoms with Crippen LogP contribution in [-0.2, 0) is 0 Å². The minimum absolute atomic E-state index is 0.0669. The highest BCUT2D eigenvalue weighted by Crippen LogP contribution is 2.35. The summed E-state index contributed by atoms with van der Waals surface area (Å²) in [6.45, 7) is 5.37. The number of phenolic OH excluding ortho intramolecular Hbond substituents is 1. The maximum Gasteiger partial charge on any atom is 0.208 e. The molecule has 15 N–H and O–H groups in total. The summed E-state index contributed by atoms with van der Waals surface area (Å²) in [5.41, 5.74) is 40.5. The van der Waals surface area contributed by atoms with E-state index < -0.39 is 5.79 Å². The molecule has 0 bridgehead atoms. The first-order valence-electron chi connectivity index (χ1n) is 15.8. The maximum absolute atomic E-state index is 11.6. The van der Waals surface area contributed by atoms with E-state index >= 15 is 0 Å². The van der Waals surface area contributed by atoms with Gasteiger partial charge in [0.05, 0.1) is 11.4 Å². The molecule has 2 unspecified atom stereocenters. The second kappa shape index (κ2) is 15.1. The Morgan fingerprint density at radius 2 is 1.41 bits per heavy atom. The van der Waals surface area contributed by atoms with Crippen LogP contribution in [-0.4, -0.2) is 65.6 Å². The van der Waals surface area contributed by atoms with Gasteiger partial charge in [-0.2, -0.15) is 0 Å². The summed E-state index contributed by atoms with van der Waals surface area (Å²) in [5.74, 6) is -0.372. The lowest BCUT2D eigenvalue weighted by molar-refractivity contribution is -0.173. The fraction of sp³-hybridized carbons (Fsp3) is 0.412. The summed E-state index contributed by atoms with van der Waals surface area (Å²) >= 11 is 0. The number of nitrogens with one attached hydrogen (secondary N) is 1. The van der Waals surface area contributed by atoms with E-state index in [1.54, 1.807) is 49.4 Å². The molecule has 250 valence electrons. The zero-order valence-electron chi connectivity index (χ0n) is 27.0. The SMILES string of the molecule is CNCC1CCCN(C(/C=C(\N)c2ccccc2OC(C)(O)C2CCN(C(/C=C(\N)c3ccccc3O)=C(N)N)CC2)=C(N)N)C1. The maximum atomic E-state index is 11.6. The van der Waals surface area contributed by atoms with Crippen LogP contribution in [0.25, 0.3) is 11.4 Å². The van der Waals surface area contributed by atoms with E-state index in [9.17, 15) is 10.2 Å². The van der Waals surface area contributed by atoms with Crippen LogP contribution >= 0.6 is 0 Å². The smallest absolute Gasteiger partial charge is 0.208 e. The Balaban J connectivity index is 1.47. The molecule has 2 heterocycles. The van der Waals surface area contributed by atoms with Crippen molar-refractivity contribution >= 4 is 11.4 Å². The number of nitrogens with zero attached hydrogens (tertiary/aromatic N) is 2. The second-order valence-electron chi connectivity index (χ2n) is 12.3. The van der Waals surface area contributed by atoms with Crippen molar-refractivity contribution in [3.05, 3.63) is 94.8 Å². The molecule has 0 radical (unpaired) electrons. The molecule has 0 spiro atoms. The standard InChI is InChI=1S/C34H51N9O3/c1-34(45,23-13-16-42(17-14-23)28(32(37)38)18-26(35)24-9-3-5-11-30(24)44)46-31-12-6-4-10-25(31)27(36)19-29(33(39)40)43-15-7-8-22(21-43)20-41-2/h3-6,9-12,18-19,22-23,41,44-45H,7-8,13-17,20-21,35-40H2,1-2H3/b26-18-,27-19-. The number of nitrogens with two attached hydrogens (primary N) is 6. The summed E-state index contributed by atoms with van der Waals surface area (Å²) in [7, 11) is 1.96. The van der Waals surface area contributed by atoms with Gasteiger partial charge in [0.2, 0.25) is 5.79 Å². The summed E-state index contributed by atoms with van der Waals surface area (Å²) in [5, 5.41) is 25.1. The molecule has 12 nitrogen and oxygen atoms in total. The number of hydrogen-bond donors (Lipinski definition) is 9. The predicted octanol–water partition coefficient (Wildman–Crippen LogP) is 1.60. The van der Waals surface area contributed by atoms with Gasteiger partial charge in [0, 0.05) is 61.5 Å². The van der Waals surface area contributed by atoms with Gasteiger partial charge in [0.25, 0.3) is 0 Å². The molecule has 0 saturated carbocycles. The number of allylic oxidation sites excluding steroid dienone is 2. The number of para-hydroxylation sites is 2. The van der Waals surface area contributed by atoms with Crippen molar-refractivity contribution in [3.63, 3.8) is 0 Å². The number of rotatable bonds is 11. The average Bonchev–Trinajstić information content (AvgIpc) is 3.02. The summed E-state index contributed by atoms with van der Waals surface area (Å²) in [6, 6.07) is 14.2. The molecule has 2 aliphatic rings. The lowest BCUT2D eigenvalue weighted by atomic mass is 9.88. The second-order valence-corrected chi connectivity index (χ2v) is 12.3.